The summed E-state index contributed by atoms with van der Waals surface area (Å²) in [4.78, 5) is 18.0. The Bertz CT molecular complexity index is 366. The summed E-state index contributed by atoms with van der Waals surface area (Å²) in [6, 6.07) is 3.85. The van der Waals surface area contributed by atoms with E-state index in [2.05, 4.69) is 22.2 Å². The minimum Gasteiger partial charge on any atom is -0.352 e. The average molecular weight is 233 g/mol. The molecule has 0 aliphatic carbocycles. The normalized spacial score (nSPS) is 20.4. The van der Waals surface area contributed by atoms with Gasteiger partial charge in [-0.05, 0) is 37.6 Å². The second kappa shape index (κ2) is 5.77. The van der Waals surface area contributed by atoms with Crippen molar-refractivity contribution in [1.29, 1.82) is 0 Å². The molecule has 4 heteroatoms. The Morgan fingerprint density at radius 1 is 1.65 bits per heavy atom. The lowest BCUT2D eigenvalue weighted by Gasteiger charge is -2.10. The van der Waals surface area contributed by atoms with Gasteiger partial charge >= 0.3 is 0 Å². The van der Waals surface area contributed by atoms with E-state index in [0.29, 0.717) is 18.9 Å². The number of hydrogen-bond donors (Lipinski definition) is 1. The molecule has 0 saturated carbocycles. The van der Waals surface area contributed by atoms with E-state index < -0.39 is 0 Å². The molecule has 2 heterocycles. The van der Waals surface area contributed by atoms with E-state index in [-0.39, 0.29) is 5.91 Å². The third-order valence-electron chi connectivity index (χ3n) is 3.18. The summed E-state index contributed by atoms with van der Waals surface area (Å²) >= 11 is 0. The number of amides is 1. The standard InChI is InChI=1S/C13H19N3O/c1-16-6-4-11(10-16)7-13(17)15-9-12-3-2-5-14-8-12/h2-3,5,8,11H,4,6-7,9-10H2,1H3,(H,15,17). The number of carbonyl (C=O) groups is 1. The molecule has 0 spiro atoms. The highest BCUT2D eigenvalue weighted by Gasteiger charge is 2.21. The molecular formula is C13H19N3O. The van der Waals surface area contributed by atoms with Crippen molar-refractivity contribution in [2.45, 2.75) is 19.4 Å². The van der Waals surface area contributed by atoms with Gasteiger partial charge in [0.25, 0.3) is 0 Å². The van der Waals surface area contributed by atoms with E-state index >= 15 is 0 Å². The summed E-state index contributed by atoms with van der Waals surface area (Å²) < 4.78 is 0. The predicted molar refractivity (Wildman–Crippen MR) is 66.3 cm³/mol. The smallest absolute Gasteiger partial charge is 0.220 e. The van der Waals surface area contributed by atoms with Crippen molar-refractivity contribution in [2.24, 2.45) is 5.92 Å². The van der Waals surface area contributed by atoms with E-state index in [1.165, 1.54) is 0 Å². The van der Waals surface area contributed by atoms with Crippen molar-refractivity contribution < 1.29 is 4.79 Å². The summed E-state index contributed by atoms with van der Waals surface area (Å²) in [5, 5.41) is 2.94. The molecule has 1 aliphatic heterocycles. The second-order valence-electron chi connectivity index (χ2n) is 4.76. The number of carbonyl (C=O) groups excluding carboxylic acids is 1. The van der Waals surface area contributed by atoms with E-state index in [1.54, 1.807) is 12.4 Å². The minimum absolute atomic E-state index is 0.147. The van der Waals surface area contributed by atoms with Gasteiger partial charge in [0, 0.05) is 31.9 Å². The van der Waals surface area contributed by atoms with Crippen molar-refractivity contribution in [3.8, 4) is 0 Å². The van der Waals surface area contributed by atoms with Crippen LogP contribution in [-0.4, -0.2) is 35.9 Å². The average Bonchev–Trinajstić information content (AvgIpc) is 2.73. The first-order valence-electron chi connectivity index (χ1n) is 6.08. The summed E-state index contributed by atoms with van der Waals surface area (Å²) in [6.07, 6.45) is 5.30. The van der Waals surface area contributed by atoms with Gasteiger partial charge in [0.15, 0.2) is 0 Å². The summed E-state index contributed by atoms with van der Waals surface area (Å²) in [5.41, 5.74) is 1.05. The topological polar surface area (TPSA) is 45.2 Å². The lowest BCUT2D eigenvalue weighted by atomic mass is 10.0. The molecule has 4 nitrogen and oxygen atoms in total. The Balaban J connectivity index is 1.71. The maximum Gasteiger partial charge on any atom is 0.220 e. The SMILES string of the molecule is CN1CCC(CC(=O)NCc2cccnc2)C1. The summed E-state index contributed by atoms with van der Waals surface area (Å²) in [7, 11) is 2.10. The number of likely N-dealkylation sites (tertiary alicyclic amines) is 1. The van der Waals surface area contributed by atoms with Gasteiger partial charge in [0.1, 0.15) is 0 Å². The maximum absolute atomic E-state index is 11.7. The minimum atomic E-state index is 0.147. The van der Waals surface area contributed by atoms with Crippen LogP contribution in [0.4, 0.5) is 0 Å². The van der Waals surface area contributed by atoms with Gasteiger partial charge in [0.05, 0.1) is 0 Å². The Morgan fingerprint density at radius 2 is 2.53 bits per heavy atom. The zero-order valence-electron chi connectivity index (χ0n) is 10.2. The van der Waals surface area contributed by atoms with Crippen LogP contribution < -0.4 is 5.32 Å². The van der Waals surface area contributed by atoms with Crippen LogP contribution in [0.1, 0.15) is 18.4 Å². The van der Waals surface area contributed by atoms with Crippen LogP contribution in [0, 0.1) is 5.92 Å². The molecule has 0 bridgehead atoms. The number of rotatable bonds is 4. The van der Waals surface area contributed by atoms with E-state index in [0.717, 1.165) is 25.1 Å². The monoisotopic (exact) mass is 233 g/mol. The van der Waals surface area contributed by atoms with Crippen LogP contribution in [0.3, 0.4) is 0 Å². The third-order valence-corrected chi connectivity index (χ3v) is 3.18. The lowest BCUT2D eigenvalue weighted by Crippen LogP contribution is -2.26. The molecule has 1 atom stereocenters. The molecule has 17 heavy (non-hydrogen) atoms. The highest BCUT2D eigenvalue weighted by Crippen LogP contribution is 2.17. The molecule has 1 amide bonds. The second-order valence-corrected chi connectivity index (χ2v) is 4.76. The first-order chi connectivity index (χ1) is 8.24. The summed E-state index contributed by atoms with van der Waals surface area (Å²) in [6.45, 7) is 2.73. The Hall–Kier alpha value is -1.42. The molecule has 1 aromatic rings. The molecule has 1 N–H and O–H groups in total. The molecule has 1 aromatic heterocycles. The molecule has 1 aliphatic rings. The largest absolute Gasteiger partial charge is 0.352 e. The van der Waals surface area contributed by atoms with Gasteiger partial charge in [-0.25, -0.2) is 0 Å². The van der Waals surface area contributed by atoms with Gasteiger partial charge < -0.3 is 10.2 Å². The fourth-order valence-corrected chi connectivity index (χ4v) is 2.23. The van der Waals surface area contributed by atoms with Crippen molar-refractivity contribution in [1.82, 2.24) is 15.2 Å². The number of hydrogen-bond acceptors (Lipinski definition) is 3. The number of nitrogens with zero attached hydrogens (tertiary/aromatic N) is 2. The Morgan fingerprint density at radius 3 is 3.18 bits per heavy atom. The molecule has 92 valence electrons. The van der Waals surface area contributed by atoms with E-state index in [9.17, 15) is 4.79 Å². The fourth-order valence-electron chi connectivity index (χ4n) is 2.23. The van der Waals surface area contributed by atoms with Crippen molar-refractivity contribution in [3.63, 3.8) is 0 Å². The highest BCUT2D eigenvalue weighted by molar-refractivity contribution is 5.76. The molecular weight excluding hydrogens is 214 g/mol. The van der Waals surface area contributed by atoms with Crippen molar-refractivity contribution >= 4 is 5.91 Å². The Kier molecular flexibility index (Phi) is 4.09. The van der Waals surface area contributed by atoms with E-state index in [1.807, 2.05) is 12.1 Å². The third kappa shape index (κ3) is 3.82. The first-order valence-corrected chi connectivity index (χ1v) is 6.08. The maximum atomic E-state index is 11.7. The van der Waals surface area contributed by atoms with Crippen LogP contribution in [0.25, 0.3) is 0 Å². The fraction of sp³-hybridized carbons (Fsp3) is 0.538. The number of pyridine rings is 1. The van der Waals surface area contributed by atoms with Crippen LogP contribution in [0.5, 0.6) is 0 Å². The van der Waals surface area contributed by atoms with Gasteiger partial charge in [-0.15, -0.1) is 0 Å². The lowest BCUT2D eigenvalue weighted by molar-refractivity contribution is -0.122. The van der Waals surface area contributed by atoms with Crippen molar-refractivity contribution in [3.05, 3.63) is 30.1 Å². The summed E-state index contributed by atoms with van der Waals surface area (Å²) in [5.74, 6) is 0.669. The van der Waals surface area contributed by atoms with Crippen LogP contribution in [0.2, 0.25) is 0 Å². The number of aromatic nitrogens is 1. The van der Waals surface area contributed by atoms with Gasteiger partial charge in [0.2, 0.25) is 5.91 Å². The van der Waals surface area contributed by atoms with Crippen LogP contribution >= 0.6 is 0 Å². The molecule has 1 saturated heterocycles. The van der Waals surface area contributed by atoms with Crippen LogP contribution in [0.15, 0.2) is 24.5 Å². The van der Waals surface area contributed by atoms with Crippen LogP contribution in [-0.2, 0) is 11.3 Å². The molecule has 1 fully saturated rings. The zero-order chi connectivity index (χ0) is 12.1. The predicted octanol–water partition coefficient (Wildman–Crippen LogP) is 1.04. The Labute approximate surface area is 102 Å². The molecule has 0 radical (unpaired) electrons. The van der Waals surface area contributed by atoms with Crippen molar-refractivity contribution in [2.75, 3.05) is 20.1 Å². The zero-order valence-corrected chi connectivity index (χ0v) is 10.2. The highest BCUT2D eigenvalue weighted by atomic mass is 16.1. The van der Waals surface area contributed by atoms with E-state index in [4.69, 9.17) is 0 Å². The van der Waals surface area contributed by atoms with Gasteiger partial charge in [-0.2, -0.15) is 0 Å². The first kappa shape index (κ1) is 12.0. The number of nitrogens with one attached hydrogen (secondary N) is 1. The molecule has 0 aromatic carbocycles. The molecule has 1 unspecified atom stereocenters. The van der Waals surface area contributed by atoms with Gasteiger partial charge in [-0.3, -0.25) is 9.78 Å². The quantitative estimate of drug-likeness (QED) is 0.845. The molecule has 2 rings (SSSR count). The van der Waals surface area contributed by atoms with Gasteiger partial charge in [-0.1, -0.05) is 6.07 Å².